The first kappa shape index (κ1) is 16.8. The van der Waals surface area contributed by atoms with E-state index in [9.17, 15) is 9.59 Å². The molecule has 0 aliphatic heterocycles. The summed E-state index contributed by atoms with van der Waals surface area (Å²) in [7, 11) is 0. The van der Waals surface area contributed by atoms with Gasteiger partial charge in [0.25, 0.3) is 5.91 Å². The van der Waals surface area contributed by atoms with E-state index in [1.54, 1.807) is 54.8 Å². The number of benzene rings is 1. The highest BCUT2D eigenvalue weighted by atomic mass is 79.9. The Bertz CT molecular complexity index is 856. The summed E-state index contributed by atoms with van der Waals surface area (Å²) >= 11 is 3.14. The minimum Gasteiger partial charge on any atom is -0.467 e. The van der Waals surface area contributed by atoms with Crippen molar-refractivity contribution in [2.75, 3.05) is 10.6 Å². The van der Waals surface area contributed by atoms with Crippen LogP contribution in [0.1, 0.15) is 16.3 Å². The second-order valence-corrected chi connectivity index (χ2v) is 5.80. The summed E-state index contributed by atoms with van der Waals surface area (Å²) in [5.41, 5.74) is 1.18. The topological polar surface area (TPSA) is 96.5 Å². The number of amides is 3. The Labute approximate surface area is 151 Å². The minimum absolute atomic E-state index is 0.200. The van der Waals surface area contributed by atoms with Crippen LogP contribution < -0.4 is 16.0 Å². The molecular weight excluding hydrogens is 390 g/mol. The number of furan rings is 2. The van der Waals surface area contributed by atoms with Crippen LogP contribution in [0, 0.1) is 0 Å². The van der Waals surface area contributed by atoms with Crippen LogP contribution in [-0.4, -0.2) is 11.9 Å². The summed E-state index contributed by atoms with van der Waals surface area (Å²) in [4.78, 5) is 23.8. The number of halogens is 1. The molecule has 2 heterocycles. The summed E-state index contributed by atoms with van der Waals surface area (Å²) in [5.74, 6) is 0.506. The number of nitrogens with one attached hydrogen (secondary N) is 3. The van der Waals surface area contributed by atoms with Crippen LogP contribution in [0.25, 0.3) is 0 Å². The molecule has 2 aromatic heterocycles. The monoisotopic (exact) mass is 403 g/mol. The molecule has 0 unspecified atom stereocenters. The molecule has 0 radical (unpaired) electrons. The second kappa shape index (κ2) is 7.71. The van der Waals surface area contributed by atoms with Gasteiger partial charge in [-0.15, -0.1) is 0 Å². The lowest BCUT2D eigenvalue weighted by atomic mass is 10.2. The Kier molecular flexibility index (Phi) is 5.20. The molecule has 8 heteroatoms. The summed E-state index contributed by atoms with van der Waals surface area (Å²) in [6.45, 7) is 0.297. The van der Waals surface area contributed by atoms with Crippen molar-refractivity contribution in [1.29, 1.82) is 0 Å². The Morgan fingerprint density at radius 1 is 0.960 bits per heavy atom. The number of anilines is 2. The fraction of sp³-hybridized carbons (Fsp3) is 0.0588. The normalized spacial score (nSPS) is 10.3. The van der Waals surface area contributed by atoms with Gasteiger partial charge in [0.05, 0.1) is 12.8 Å². The van der Waals surface area contributed by atoms with Crippen LogP contribution in [-0.2, 0) is 6.54 Å². The summed E-state index contributed by atoms with van der Waals surface area (Å²) in [6, 6.07) is 13.1. The number of rotatable bonds is 5. The van der Waals surface area contributed by atoms with Gasteiger partial charge in [-0.3, -0.25) is 4.79 Å². The number of hydrogen-bond acceptors (Lipinski definition) is 4. The first-order valence-electron chi connectivity index (χ1n) is 7.34. The van der Waals surface area contributed by atoms with Crippen molar-refractivity contribution in [3.05, 3.63) is 71.0 Å². The zero-order valence-corrected chi connectivity index (χ0v) is 14.5. The average molecular weight is 404 g/mol. The van der Waals surface area contributed by atoms with Gasteiger partial charge in [-0.2, -0.15) is 0 Å². The Morgan fingerprint density at radius 3 is 2.28 bits per heavy atom. The van der Waals surface area contributed by atoms with Crippen molar-refractivity contribution in [2.24, 2.45) is 0 Å². The third-order valence-electron chi connectivity index (χ3n) is 3.20. The summed E-state index contributed by atoms with van der Waals surface area (Å²) < 4.78 is 10.8. The highest BCUT2D eigenvalue weighted by Crippen LogP contribution is 2.17. The molecule has 0 aliphatic rings. The van der Waals surface area contributed by atoms with Gasteiger partial charge in [0.2, 0.25) is 0 Å². The van der Waals surface area contributed by atoms with Crippen molar-refractivity contribution in [2.45, 2.75) is 6.54 Å². The Morgan fingerprint density at radius 2 is 1.68 bits per heavy atom. The molecule has 3 aromatic rings. The van der Waals surface area contributed by atoms with Crippen LogP contribution >= 0.6 is 15.9 Å². The number of carbonyl (C=O) groups excluding carboxylic acids is 2. The molecule has 0 fully saturated rings. The molecule has 7 nitrogen and oxygen atoms in total. The molecule has 0 spiro atoms. The van der Waals surface area contributed by atoms with Gasteiger partial charge in [0, 0.05) is 11.4 Å². The molecule has 3 amide bonds. The SMILES string of the molecule is O=C(NCc1ccco1)Nc1ccc(NC(=O)c2ccc(Br)o2)cc1. The zero-order valence-electron chi connectivity index (χ0n) is 12.9. The lowest BCUT2D eigenvalue weighted by molar-refractivity contribution is 0.0995. The largest absolute Gasteiger partial charge is 0.467 e. The number of urea groups is 1. The van der Waals surface area contributed by atoms with E-state index in [1.165, 1.54) is 0 Å². The molecule has 1 aromatic carbocycles. The first-order chi connectivity index (χ1) is 12.1. The fourth-order valence-electron chi connectivity index (χ4n) is 2.02. The summed E-state index contributed by atoms with van der Waals surface area (Å²) in [5, 5.41) is 8.07. The van der Waals surface area contributed by atoms with E-state index in [4.69, 9.17) is 8.83 Å². The molecular formula is C17H14BrN3O4. The van der Waals surface area contributed by atoms with Crippen molar-refractivity contribution in [1.82, 2.24) is 5.32 Å². The first-order valence-corrected chi connectivity index (χ1v) is 8.13. The molecule has 3 rings (SSSR count). The van der Waals surface area contributed by atoms with Gasteiger partial charge in [-0.25, -0.2) is 4.79 Å². The third-order valence-corrected chi connectivity index (χ3v) is 3.63. The van der Waals surface area contributed by atoms with Crippen LogP contribution in [0.2, 0.25) is 0 Å². The van der Waals surface area contributed by atoms with Gasteiger partial charge in [0.1, 0.15) is 5.76 Å². The van der Waals surface area contributed by atoms with Crippen molar-refractivity contribution < 1.29 is 18.4 Å². The standard InChI is InChI=1S/C17H14BrN3O4/c18-15-8-7-14(25-15)16(22)20-11-3-5-12(6-4-11)21-17(23)19-10-13-2-1-9-24-13/h1-9H,10H2,(H,20,22)(H2,19,21,23). The van der Waals surface area contributed by atoms with Crippen molar-refractivity contribution in [3.8, 4) is 0 Å². The highest BCUT2D eigenvalue weighted by Gasteiger charge is 2.10. The van der Waals surface area contributed by atoms with Crippen LogP contribution in [0.5, 0.6) is 0 Å². The van der Waals surface area contributed by atoms with Crippen molar-refractivity contribution in [3.63, 3.8) is 0 Å². The third kappa shape index (κ3) is 4.74. The molecule has 0 atom stereocenters. The maximum atomic E-state index is 12.0. The van der Waals surface area contributed by atoms with Gasteiger partial charge in [-0.1, -0.05) is 0 Å². The molecule has 128 valence electrons. The van der Waals surface area contributed by atoms with Crippen LogP contribution in [0.15, 0.2) is 68.3 Å². The number of hydrogen-bond donors (Lipinski definition) is 3. The lowest BCUT2D eigenvalue weighted by Gasteiger charge is -2.08. The van der Waals surface area contributed by atoms with Crippen molar-refractivity contribution >= 4 is 39.2 Å². The maximum absolute atomic E-state index is 12.0. The van der Waals surface area contributed by atoms with Gasteiger partial charge < -0.3 is 24.8 Å². The van der Waals surface area contributed by atoms with Gasteiger partial charge in [-0.05, 0) is 64.5 Å². The smallest absolute Gasteiger partial charge is 0.319 e. The predicted octanol–water partition coefficient (Wildman–Crippen LogP) is 4.21. The highest BCUT2D eigenvalue weighted by molar-refractivity contribution is 9.10. The molecule has 25 heavy (non-hydrogen) atoms. The van der Waals surface area contributed by atoms with E-state index < -0.39 is 0 Å². The molecule has 0 saturated carbocycles. The van der Waals surface area contributed by atoms with Gasteiger partial charge in [0.15, 0.2) is 10.4 Å². The van der Waals surface area contributed by atoms with E-state index >= 15 is 0 Å². The van der Waals surface area contributed by atoms with E-state index in [1.807, 2.05) is 0 Å². The minimum atomic E-state index is -0.359. The zero-order chi connectivity index (χ0) is 17.6. The molecule has 0 bridgehead atoms. The number of carbonyl (C=O) groups is 2. The molecule has 0 saturated heterocycles. The van der Waals surface area contributed by atoms with E-state index in [-0.39, 0.29) is 17.7 Å². The lowest BCUT2D eigenvalue weighted by Crippen LogP contribution is -2.27. The average Bonchev–Trinajstić information content (AvgIpc) is 3.26. The van der Waals surface area contributed by atoms with E-state index in [2.05, 4.69) is 31.9 Å². The Balaban J connectivity index is 1.51. The second-order valence-electron chi connectivity index (χ2n) is 5.02. The van der Waals surface area contributed by atoms with Gasteiger partial charge >= 0.3 is 6.03 Å². The molecule has 3 N–H and O–H groups in total. The quantitative estimate of drug-likeness (QED) is 0.594. The van der Waals surface area contributed by atoms with E-state index in [0.717, 1.165) is 0 Å². The predicted molar refractivity (Wildman–Crippen MR) is 95.4 cm³/mol. The summed E-state index contributed by atoms with van der Waals surface area (Å²) in [6.07, 6.45) is 1.54. The van der Waals surface area contributed by atoms with E-state index in [0.29, 0.717) is 28.3 Å². The molecule has 0 aliphatic carbocycles. The van der Waals surface area contributed by atoms with Crippen LogP contribution in [0.3, 0.4) is 0 Å². The fourth-order valence-corrected chi connectivity index (χ4v) is 2.33. The Hall–Kier alpha value is -3.00. The maximum Gasteiger partial charge on any atom is 0.319 e. The van der Waals surface area contributed by atoms with Crippen LogP contribution in [0.4, 0.5) is 16.2 Å².